The Hall–Kier alpha value is -3.15. The van der Waals surface area contributed by atoms with E-state index in [1.807, 2.05) is 0 Å². The van der Waals surface area contributed by atoms with Gasteiger partial charge in [0.05, 0.1) is 18.4 Å². The van der Waals surface area contributed by atoms with E-state index < -0.39 is 67.2 Å². The van der Waals surface area contributed by atoms with E-state index in [9.17, 15) is 24.0 Å². The summed E-state index contributed by atoms with van der Waals surface area (Å²) in [7, 11) is 0. The molecule has 5 atom stereocenters. The average Bonchev–Trinajstić information content (AvgIpc) is 2.67. The number of rotatable bonds is 9. The normalized spacial score (nSPS) is 25.2. The summed E-state index contributed by atoms with van der Waals surface area (Å²) in [5.41, 5.74) is 0.0692. The van der Waals surface area contributed by atoms with Crippen LogP contribution in [0.1, 0.15) is 41.5 Å². The van der Waals surface area contributed by atoms with Gasteiger partial charge in [0.1, 0.15) is 12.7 Å². The van der Waals surface area contributed by atoms with E-state index in [0.717, 1.165) is 34.0 Å². The fourth-order valence-corrected chi connectivity index (χ4v) is 2.76. The molecule has 12 nitrogen and oxygen atoms in total. The number of carbonyl (C=O) groups excluding carboxylic acids is 5. The van der Waals surface area contributed by atoms with Crippen LogP contribution in [0.15, 0.2) is 11.8 Å². The van der Waals surface area contributed by atoms with Gasteiger partial charge in [-0.25, -0.2) is 4.79 Å². The molecule has 180 valence electrons. The average molecular weight is 460 g/mol. The van der Waals surface area contributed by atoms with Crippen molar-refractivity contribution < 1.29 is 57.1 Å². The Morgan fingerprint density at radius 2 is 1.28 bits per heavy atom. The highest BCUT2D eigenvalue weighted by Gasteiger charge is 2.53. The van der Waals surface area contributed by atoms with Crippen LogP contribution in [0.2, 0.25) is 0 Å². The first kappa shape index (κ1) is 26.9. The third-order valence-corrected chi connectivity index (χ3v) is 3.92. The van der Waals surface area contributed by atoms with Gasteiger partial charge < -0.3 is 33.2 Å². The van der Waals surface area contributed by atoms with Crippen LogP contribution in [0.5, 0.6) is 0 Å². The third kappa shape index (κ3) is 8.53. The minimum Gasteiger partial charge on any atom is -0.468 e. The first-order valence-corrected chi connectivity index (χ1v) is 9.76. The lowest BCUT2D eigenvalue weighted by atomic mass is 9.98. The monoisotopic (exact) mass is 460 g/mol. The van der Waals surface area contributed by atoms with Crippen LogP contribution in [0, 0.1) is 0 Å². The van der Waals surface area contributed by atoms with Crippen molar-refractivity contribution in [1.29, 1.82) is 0 Å². The van der Waals surface area contributed by atoms with Crippen molar-refractivity contribution in [2.24, 2.45) is 0 Å². The Bertz CT molecular complexity index is 743. The summed E-state index contributed by atoms with van der Waals surface area (Å²) >= 11 is 0. The molecule has 1 saturated heterocycles. The van der Waals surface area contributed by atoms with Crippen molar-refractivity contribution in [3.8, 4) is 0 Å². The van der Waals surface area contributed by atoms with Crippen LogP contribution in [0.4, 0.5) is 0 Å². The molecule has 0 amide bonds. The smallest absolute Gasteiger partial charge is 0.336 e. The van der Waals surface area contributed by atoms with Crippen molar-refractivity contribution in [2.75, 3.05) is 13.2 Å². The molecular formula is C20H28O12. The lowest BCUT2D eigenvalue weighted by Crippen LogP contribution is -2.62. The van der Waals surface area contributed by atoms with Crippen LogP contribution < -0.4 is 0 Å². The first-order valence-electron chi connectivity index (χ1n) is 9.76. The lowest BCUT2D eigenvalue weighted by molar-refractivity contribution is -0.297. The Morgan fingerprint density at radius 1 is 0.750 bits per heavy atom. The van der Waals surface area contributed by atoms with Gasteiger partial charge in [-0.2, -0.15) is 0 Å². The molecule has 0 aliphatic carbocycles. The predicted molar refractivity (Wildman–Crippen MR) is 103 cm³/mol. The second-order valence-electron chi connectivity index (χ2n) is 6.73. The molecule has 32 heavy (non-hydrogen) atoms. The largest absolute Gasteiger partial charge is 0.468 e. The van der Waals surface area contributed by atoms with Crippen molar-refractivity contribution in [3.05, 3.63) is 11.8 Å². The maximum absolute atomic E-state index is 11.8. The molecule has 1 rings (SSSR count). The topological polar surface area (TPSA) is 150 Å². The minimum atomic E-state index is -1.42. The SMILES string of the molecule is CCOC(=O)/C(C)=C/O[C@@H]1O[C@H](COC(C)=O)[C@@H](OC(C)=O)[C@H](OC(C)=O)[C@H]1OC(C)=O. The summed E-state index contributed by atoms with van der Waals surface area (Å²) in [5, 5.41) is 0. The van der Waals surface area contributed by atoms with Crippen molar-refractivity contribution in [1.82, 2.24) is 0 Å². The predicted octanol–water partition coefficient (Wildman–Crippen LogP) is 0.553. The second kappa shape index (κ2) is 12.6. The van der Waals surface area contributed by atoms with Gasteiger partial charge in [0.25, 0.3) is 0 Å². The van der Waals surface area contributed by atoms with Crippen LogP contribution in [0.3, 0.4) is 0 Å². The molecule has 0 radical (unpaired) electrons. The fraction of sp³-hybridized carbons (Fsp3) is 0.650. The van der Waals surface area contributed by atoms with Crippen LogP contribution >= 0.6 is 0 Å². The summed E-state index contributed by atoms with van der Waals surface area (Å²) in [6.45, 7) is 7.28. The molecule has 0 N–H and O–H groups in total. The molecule has 1 fully saturated rings. The molecule has 0 aromatic carbocycles. The van der Waals surface area contributed by atoms with Gasteiger partial charge in [0.15, 0.2) is 12.2 Å². The molecular weight excluding hydrogens is 432 g/mol. The van der Waals surface area contributed by atoms with E-state index in [-0.39, 0.29) is 12.2 Å². The Labute approximate surface area is 185 Å². The maximum Gasteiger partial charge on any atom is 0.336 e. The van der Waals surface area contributed by atoms with Crippen LogP contribution in [0.25, 0.3) is 0 Å². The van der Waals surface area contributed by atoms with E-state index in [1.54, 1.807) is 6.92 Å². The summed E-state index contributed by atoms with van der Waals surface area (Å²) in [6, 6.07) is 0. The molecule has 12 heteroatoms. The van der Waals surface area contributed by atoms with E-state index in [2.05, 4.69) is 0 Å². The molecule has 0 unspecified atom stereocenters. The fourth-order valence-electron chi connectivity index (χ4n) is 2.76. The number of hydrogen-bond donors (Lipinski definition) is 0. The summed E-state index contributed by atoms with van der Waals surface area (Å²) < 4.78 is 36.8. The molecule has 0 spiro atoms. The van der Waals surface area contributed by atoms with Crippen molar-refractivity contribution >= 4 is 29.8 Å². The molecule has 1 aliphatic heterocycles. The highest BCUT2D eigenvalue weighted by atomic mass is 16.7. The minimum absolute atomic E-state index is 0.0692. The molecule has 1 heterocycles. The second-order valence-corrected chi connectivity index (χ2v) is 6.73. The molecule has 1 aliphatic rings. The van der Waals surface area contributed by atoms with Crippen molar-refractivity contribution in [2.45, 2.75) is 72.2 Å². The number of hydrogen-bond acceptors (Lipinski definition) is 12. The summed E-state index contributed by atoms with van der Waals surface area (Å²) in [6.07, 6.45) is -5.59. The number of ether oxygens (including phenoxy) is 7. The van der Waals surface area contributed by atoms with E-state index in [1.165, 1.54) is 6.92 Å². The molecule has 0 saturated carbocycles. The highest BCUT2D eigenvalue weighted by Crippen LogP contribution is 2.30. The van der Waals surface area contributed by atoms with Gasteiger partial charge >= 0.3 is 29.8 Å². The van der Waals surface area contributed by atoms with Gasteiger partial charge in [0, 0.05) is 27.7 Å². The van der Waals surface area contributed by atoms with E-state index in [4.69, 9.17) is 33.2 Å². The Kier molecular flexibility index (Phi) is 10.6. The Balaban J connectivity index is 3.33. The van der Waals surface area contributed by atoms with Gasteiger partial charge in [-0.3, -0.25) is 19.2 Å². The third-order valence-electron chi connectivity index (χ3n) is 3.92. The summed E-state index contributed by atoms with van der Waals surface area (Å²) in [4.78, 5) is 58.2. The maximum atomic E-state index is 11.8. The summed E-state index contributed by atoms with van der Waals surface area (Å²) in [5.74, 6) is -3.58. The van der Waals surface area contributed by atoms with E-state index in [0.29, 0.717) is 0 Å². The van der Waals surface area contributed by atoms with Crippen molar-refractivity contribution in [3.63, 3.8) is 0 Å². The molecule has 0 bridgehead atoms. The number of esters is 5. The zero-order chi connectivity index (χ0) is 24.4. The zero-order valence-corrected chi connectivity index (χ0v) is 18.8. The van der Waals surface area contributed by atoms with Crippen LogP contribution in [-0.4, -0.2) is 73.8 Å². The first-order chi connectivity index (χ1) is 15.0. The lowest BCUT2D eigenvalue weighted by Gasteiger charge is -2.43. The molecule has 0 aromatic rings. The van der Waals surface area contributed by atoms with Crippen LogP contribution in [-0.2, 0) is 57.1 Å². The van der Waals surface area contributed by atoms with Gasteiger partial charge in [-0.1, -0.05) is 0 Å². The standard InChI is InChI=1S/C20H28O12/c1-7-26-19(25)10(2)8-28-20-18(31-14(6)24)17(30-13(5)23)16(29-12(4)22)15(32-20)9-27-11(3)21/h8,15-18,20H,7,9H2,1-6H3/b10-8+/t15-,16-,17+,18-,20-/m1/s1. The molecule has 0 aromatic heterocycles. The zero-order valence-electron chi connectivity index (χ0n) is 18.8. The quantitative estimate of drug-likeness (QED) is 0.205. The highest BCUT2D eigenvalue weighted by molar-refractivity contribution is 5.87. The number of carbonyl (C=O) groups is 5. The van der Waals surface area contributed by atoms with Gasteiger partial charge in [-0.05, 0) is 13.8 Å². The van der Waals surface area contributed by atoms with Gasteiger partial charge in [-0.15, -0.1) is 0 Å². The van der Waals surface area contributed by atoms with Gasteiger partial charge in [0.2, 0.25) is 12.4 Å². The Morgan fingerprint density at radius 3 is 1.78 bits per heavy atom. The van der Waals surface area contributed by atoms with E-state index >= 15 is 0 Å².